The molecule has 3 fully saturated rings. The first-order valence-electron chi connectivity index (χ1n) is 9.39. The number of amides is 2. The summed E-state index contributed by atoms with van der Waals surface area (Å²) in [6.07, 6.45) is 3.04. The summed E-state index contributed by atoms with van der Waals surface area (Å²) in [4.78, 5) is 25.5. The molecule has 2 amide bonds. The van der Waals surface area contributed by atoms with Gasteiger partial charge in [0.15, 0.2) is 0 Å². The van der Waals surface area contributed by atoms with Gasteiger partial charge in [-0.15, -0.1) is 0 Å². The monoisotopic (exact) mass is 388 g/mol. The molecule has 0 radical (unpaired) electrons. The highest BCUT2D eigenvalue weighted by Crippen LogP contribution is 2.24. The Morgan fingerprint density at radius 1 is 1.04 bits per heavy atom. The number of carbonyl (C=O) groups excluding carboxylic acids is 2. The summed E-state index contributed by atoms with van der Waals surface area (Å²) in [5.41, 5.74) is 0. The summed E-state index contributed by atoms with van der Waals surface area (Å²) in [6.45, 7) is 3.84. The van der Waals surface area contributed by atoms with Crippen molar-refractivity contribution >= 4 is 22.2 Å². The first-order valence-corrected chi connectivity index (χ1v) is 10.8. The summed E-state index contributed by atoms with van der Waals surface area (Å²) >= 11 is 0. The van der Waals surface area contributed by atoms with Crippen molar-refractivity contribution in [1.82, 2.24) is 18.8 Å². The second-order valence-corrected chi connectivity index (χ2v) is 9.00. The summed E-state index contributed by atoms with van der Waals surface area (Å²) in [6, 6.07) is 0.283. The van der Waals surface area contributed by atoms with Gasteiger partial charge in [-0.1, -0.05) is 0 Å². The molecule has 0 bridgehead atoms. The maximum Gasteiger partial charge on any atom is 0.409 e. The minimum absolute atomic E-state index is 0.0282. The molecule has 26 heavy (non-hydrogen) atoms. The fourth-order valence-corrected chi connectivity index (χ4v) is 5.07. The van der Waals surface area contributed by atoms with Crippen molar-refractivity contribution in [3.05, 3.63) is 0 Å². The van der Waals surface area contributed by atoms with Crippen LogP contribution >= 0.6 is 0 Å². The summed E-state index contributed by atoms with van der Waals surface area (Å²) in [5, 5.41) is 2.97. The number of piperidine rings is 1. The van der Waals surface area contributed by atoms with Gasteiger partial charge in [-0.3, -0.25) is 4.79 Å². The van der Waals surface area contributed by atoms with Gasteiger partial charge in [0, 0.05) is 45.3 Å². The van der Waals surface area contributed by atoms with Crippen LogP contribution in [0, 0.1) is 5.92 Å². The molecule has 10 heteroatoms. The summed E-state index contributed by atoms with van der Waals surface area (Å²) in [7, 11) is -3.62. The summed E-state index contributed by atoms with van der Waals surface area (Å²) in [5.74, 6) is -0.306. The maximum absolute atomic E-state index is 12.9. The average molecular weight is 388 g/mol. The van der Waals surface area contributed by atoms with Crippen LogP contribution < -0.4 is 5.32 Å². The number of nitrogens with one attached hydrogen (secondary N) is 1. The normalized spacial score (nSPS) is 25.7. The third kappa shape index (κ3) is 4.47. The van der Waals surface area contributed by atoms with Crippen molar-refractivity contribution in [2.24, 2.45) is 5.92 Å². The maximum atomic E-state index is 12.9. The molecule has 1 saturated carbocycles. The Kier molecular flexibility index (Phi) is 6.03. The third-order valence-corrected chi connectivity index (χ3v) is 7.10. The van der Waals surface area contributed by atoms with Crippen molar-refractivity contribution in [3.63, 3.8) is 0 Å². The SMILES string of the molecule is CCOC(=O)N1CCN(S(=O)(=O)N2CCCC(C(=O)NC3CC3)C2)CC1. The fourth-order valence-electron chi connectivity index (χ4n) is 3.39. The molecule has 0 aromatic rings. The zero-order valence-corrected chi connectivity index (χ0v) is 16.0. The summed E-state index contributed by atoms with van der Waals surface area (Å²) < 4.78 is 33.7. The van der Waals surface area contributed by atoms with Gasteiger partial charge in [-0.05, 0) is 32.6 Å². The van der Waals surface area contributed by atoms with E-state index in [4.69, 9.17) is 4.74 Å². The lowest BCUT2D eigenvalue weighted by Gasteiger charge is -2.38. The highest BCUT2D eigenvalue weighted by molar-refractivity contribution is 7.86. The molecule has 0 aromatic heterocycles. The fraction of sp³-hybridized carbons (Fsp3) is 0.875. The second kappa shape index (κ2) is 8.10. The molecule has 148 valence electrons. The van der Waals surface area contributed by atoms with Gasteiger partial charge in [0.2, 0.25) is 5.91 Å². The van der Waals surface area contributed by atoms with Crippen LogP contribution in [0.4, 0.5) is 4.79 Å². The van der Waals surface area contributed by atoms with Crippen LogP contribution in [0.25, 0.3) is 0 Å². The van der Waals surface area contributed by atoms with E-state index in [1.165, 1.54) is 13.5 Å². The molecule has 0 aromatic carbocycles. The van der Waals surface area contributed by atoms with E-state index in [0.29, 0.717) is 32.7 Å². The van der Waals surface area contributed by atoms with Crippen LogP contribution in [0.1, 0.15) is 32.6 Å². The van der Waals surface area contributed by atoms with Crippen LogP contribution in [0.15, 0.2) is 0 Å². The number of ether oxygens (including phenoxy) is 1. The zero-order valence-electron chi connectivity index (χ0n) is 15.2. The molecule has 2 saturated heterocycles. The van der Waals surface area contributed by atoms with E-state index in [-0.39, 0.29) is 37.5 Å². The molecule has 1 N–H and O–H groups in total. The van der Waals surface area contributed by atoms with Crippen molar-refractivity contribution in [3.8, 4) is 0 Å². The molecular weight excluding hydrogens is 360 g/mol. The van der Waals surface area contributed by atoms with Crippen molar-refractivity contribution in [1.29, 1.82) is 0 Å². The number of hydrogen-bond donors (Lipinski definition) is 1. The predicted octanol–water partition coefficient (Wildman–Crippen LogP) is -0.00410. The van der Waals surface area contributed by atoms with Gasteiger partial charge in [0.25, 0.3) is 10.2 Å². The number of hydrogen-bond acceptors (Lipinski definition) is 5. The standard InChI is InChI=1S/C16H28N4O5S/c1-2-25-16(22)18-8-10-19(11-9-18)26(23,24)20-7-3-4-13(12-20)15(21)17-14-5-6-14/h13-14H,2-12H2,1H3,(H,17,21). The van der Waals surface area contributed by atoms with E-state index in [2.05, 4.69) is 5.32 Å². The topological polar surface area (TPSA) is 99.3 Å². The molecule has 3 rings (SSSR count). The molecule has 1 unspecified atom stereocenters. The molecule has 0 spiro atoms. The van der Waals surface area contributed by atoms with E-state index in [1.54, 1.807) is 6.92 Å². The Balaban J connectivity index is 1.55. The van der Waals surface area contributed by atoms with E-state index in [9.17, 15) is 18.0 Å². The lowest BCUT2D eigenvalue weighted by molar-refractivity contribution is -0.126. The quantitative estimate of drug-likeness (QED) is 0.714. The Labute approximate surface area is 154 Å². The van der Waals surface area contributed by atoms with E-state index in [0.717, 1.165) is 19.3 Å². The van der Waals surface area contributed by atoms with Crippen LogP contribution in [0.2, 0.25) is 0 Å². The van der Waals surface area contributed by atoms with Crippen LogP contribution in [-0.2, 0) is 19.7 Å². The third-order valence-electron chi connectivity index (χ3n) is 5.10. The van der Waals surface area contributed by atoms with Crippen molar-refractivity contribution in [2.75, 3.05) is 45.9 Å². The van der Waals surface area contributed by atoms with Gasteiger partial charge in [0.1, 0.15) is 0 Å². The molecule has 2 heterocycles. The molecular formula is C16H28N4O5S. The Morgan fingerprint density at radius 2 is 1.73 bits per heavy atom. The van der Waals surface area contributed by atoms with E-state index < -0.39 is 16.3 Å². The molecule has 2 aliphatic heterocycles. The minimum Gasteiger partial charge on any atom is -0.450 e. The smallest absolute Gasteiger partial charge is 0.409 e. The Bertz CT molecular complexity index is 629. The molecule has 9 nitrogen and oxygen atoms in total. The van der Waals surface area contributed by atoms with Gasteiger partial charge in [-0.25, -0.2) is 4.79 Å². The van der Waals surface area contributed by atoms with Gasteiger partial charge in [0.05, 0.1) is 12.5 Å². The van der Waals surface area contributed by atoms with E-state index in [1.807, 2.05) is 0 Å². The lowest BCUT2D eigenvalue weighted by atomic mass is 9.99. The predicted molar refractivity (Wildman–Crippen MR) is 94.5 cm³/mol. The zero-order chi connectivity index (χ0) is 18.7. The van der Waals surface area contributed by atoms with Crippen LogP contribution in [-0.4, -0.2) is 85.8 Å². The van der Waals surface area contributed by atoms with Gasteiger partial charge >= 0.3 is 6.09 Å². The highest BCUT2D eigenvalue weighted by Gasteiger charge is 2.38. The van der Waals surface area contributed by atoms with Crippen LogP contribution in [0.5, 0.6) is 0 Å². The number of piperazine rings is 1. The Hall–Kier alpha value is -1.39. The molecule has 3 aliphatic rings. The minimum atomic E-state index is -3.62. The Morgan fingerprint density at radius 3 is 2.35 bits per heavy atom. The highest BCUT2D eigenvalue weighted by atomic mass is 32.2. The van der Waals surface area contributed by atoms with Gasteiger partial charge < -0.3 is 15.0 Å². The number of nitrogens with zero attached hydrogens (tertiary/aromatic N) is 3. The number of rotatable bonds is 5. The van der Waals surface area contributed by atoms with Crippen molar-refractivity contribution < 1.29 is 22.7 Å². The molecule has 1 aliphatic carbocycles. The largest absolute Gasteiger partial charge is 0.450 e. The first-order chi connectivity index (χ1) is 12.4. The lowest BCUT2D eigenvalue weighted by Crippen LogP contribution is -2.56. The van der Waals surface area contributed by atoms with E-state index >= 15 is 0 Å². The molecule has 1 atom stereocenters. The first kappa shape index (κ1) is 19.4. The number of carbonyl (C=O) groups is 2. The van der Waals surface area contributed by atoms with Gasteiger partial charge in [-0.2, -0.15) is 17.0 Å². The second-order valence-electron chi connectivity index (χ2n) is 7.07. The average Bonchev–Trinajstić information content (AvgIpc) is 3.46. The van der Waals surface area contributed by atoms with Crippen molar-refractivity contribution in [2.45, 2.75) is 38.6 Å². The van der Waals surface area contributed by atoms with Crippen LogP contribution in [0.3, 0.4) is 0 Å².